The maximum absolute atomic E-state index is 9.25. The van der Waals surface area contributed by atoms with E-state index in [1.54, 1.807) is 0 Å². The molecule has 0 atom stereocenters. The van der Waals surface area contributed by atoms with Gasteiger partial charge in [-0.3, -0.25) is 0 Å². The van der Waals surface area contributed by atoms with Crippen LogP contribution in [0.5, 0.6) is 0 Å². The first-order valence-corrected chi connectivity index (χ1v) is 15.6. The van der Waals surface area contributed by atoms with Crippen LogP contribution in [0, 0.1) is 0 Å². The predicted octanol–water partition coefficient (Wildman–Crippen LogP) is 6.39. The maximum atomic E-state index is 9.25. The normalized spacial score (nSPS) is 11.8. The molecule has 35 heavy (non-hydrogen) atoms. The van der Waals surface area contributed by atoms with Gasteiger partial charge in [0.2, 0.25) is 0 Å². The largest absolute Gasteiger partial charge is 0.396 e. The summed E-state index contributed by atoms with van der Waals surface area (Å²) >= 11 is 0. The Bertz CT molecular complexity index is 377. The van der Waals surface area contributed by atoms with Crippen LogP contribution in [0.4, 0.5) is 0 Å². The van der Waals surface area contributed by atoms with E-state index in [4.69, 9.17) is 10.2 Å². The van der Waals surface area contributed by atoms with E-state index in [9.17, 15) is 5.11 Å². The lowest BCUT2D eigenvalue weighted by Crippen LogP contribution is -2.33. The number of nitrogens with zero attached hydrogens (tertiary/aromatic N) is 2. The molecule has 0 amide bonds. The van der Waals surface area contributed by atoms with Gasteiger partial charge in [0.15, 0.2) is 0 Å². The molecule has 0 aromatic carbocycles. The fourth-order valence-electron chi connectivity index (χ4n) is 4.96. The molecule has 0 aromatic heterocycles. The van der Waals surface area contributed by atoms with Gasteiger partial charge in [0.05, 0.1) is 0 Å². The first kappa shape index (κ1) is 34.8. The number of aliphatic hydroxyl groups is 3. The molecule has 0 radical (unpaired) electrons. The smallest absolute Gasteiger partial charge is 0.0443 e. The Labute approximate surface area is 219 Å². The van der Waals surface area contributed by atoms with Gasteiger partial charge in [0, 0.05) is 39.5 Å². The van der Waals surface area contributed by atoms with Gasteiger partial charge in [-0.2, -0.15) is 0 Å². The van der Waals surface area contributed by atoms with Crippen LogP contribution in [0.2, 0.25) is 0 Å². The van der Waals surface area contributed by atoms with Gasteiger partial charge in [0.1, 0.15) is 0 Å². The van der Waals surface area contributed by atoms with Crippen LogP contribution in [0.25, 0.3) is 0 Å². The van der Waals surface area contributed by atoms with Crippen LogP contribution in [-0.4, -0.2) is 84.2 Å². The van der Waals surface area contributed by atoms with Crippen molar-refractivity contribution in [2.75, 3.05) is 59.1 Å². The molecular weight excluding hydrogens is 436 g/mol. The minimum absolute atomic E-state index is 0.234. The molecule has 5 nitrogen and oxygen atoms in total. The van der Waals surface area contributed by atoms with E-state index in [0.717, 1.165) is 65.0 Å². The molecule has 0 heterocycles. The van der Waals surface area contributed by atoms with Gasteiger partial charge in [-0.25, -0.2) is 0 Å². The Kier molecular flexibility index (Phi) is 29.9. The Morgan fingerprint density at radius 1 is 0.314 bits per heavy atom. The third kappa shape index (κ3) is 26.7. The fraction of sp³-hybridized carbons (Fsp3) is 1.00. The Morgan fingerprint density at radius 3 is 0.886 bits per heavy atom. The number of unbranched alkanes of at least 4 members (excludes halogenated alkanes) is 15. The van der Waals surface area contributed by atoms with Crippen LogP contribution in [0.15, 0.2) is 0 Å². The second-order valence-corrected chi connectivity index (χ2v) is 10.6. The average Bonchev–Trinajstić information content (AvgIpc) is 2.87. The van der Waals surface area contributed by atoms with E-state index in [2.05, 4.69) is 16.7 Å². The van der Waals surface area contributed by atoms with E-state index < -0.39 is 0 Å². The van der Waals surface area contributed by atoms with E-state index in [1.807, 2.05) is 0 Å². The van der Waals surface area contributed by atoms with Crippen molar-refractivity contribution in [3.8, 4) is 0 Å². The summed E-state index contributed by atoms with van der Waals surface area (Å²) in [6.07, 6.45) is 26.1. The SMILES string of the molecule is CCCCCCCCCCCCCCCCCCN(CCCO)CCCN(CCCO)CCCO. The topological polar surface area (TPSA) is 67.2 Å². The summed E-state index contributed by atoms with van der Waals surface area (Å²) in [5.41, 5.74) is 0. The Morgan fingerprint density at radius 2 is 0.571 bits per heavy atom. The molecule has 0 aliphatic rings. The summed E-state index contributed by atoms with van der Waals surface area (Å²) < 4.78 is 0. The molecule has 0 aliphatic carbocycles. The van der Waals surface area contributed by atoms with E-state index in [1.165, 1.54) is 103 Å². The van der Waals surface area contributed by atoms with Gasteiger partial charge >= 0.3 is 0 Å². The number of rotatable bonds is 30. The fourth-order valence-corrected chi connectivity index (χ4v) is 4.96. The monoisotopic (exact) mass is 500 g/mol. The summed E-state index contributed by atoms with van der Waals surface area (Å²) in [6.45, 7) is 9.08. The highest BCUT2D eigenvalue weighted by molar-refractivity contribution is 4.63. The van der Waals surface area contributed by atoms with Crippen molar-refractivity contribution >= 4 is 0 Å². The summed E-state index contributed by atoms with van der Waals surface area (Å²) in [6, 6.07) is 0. The molecule has 0 aromatic rings. The lowest BCUT2D eigenvalue weighted by molar-refractivity contribution is 0.182. The highest BCUT2D eigenvalue weighted by atomic mass is 16.3. The second-order valence-electron chi connectivity index (χ2n) is 10.6. The van der Waals surface area contributed by atoms with E-state index in [0.29, 0.717) is 0 Å². The maximum Gasteiger partial charge on any atom is 0.0443 e. The second kappa shape index (κ2) is 30.0. The third-order valence-electron chi connectivity index (χ3n) is 7.17. The highest BCUT2D eigenvalue weighted by Gasteiger charge is 2.08. The highest BCUT2D eigenvalue weighted by Crippen LogP contribution is 2.14. The predicted molar refractivity (Wildman–Crippen MR) is 152 cm³/mol. The molecule has 0 unspecified atom stereocenters. The Hall–Kier alpha value is -0.200. The summed E-state index contributed by atoms with van der Waals surface area (Å²) in [7, 11) is 0. The summed E-state index contributed by atoms with van der Waals surface area (Å²) in [4.78, 5) is 4.89. The van der Waals surface area contributed by atoms with Crippen molar-refractivity contribution in [1.29, 1.82) is 0 Å². The first-order valence-electron chi connectivity index (χ1n) is 15.6. The minimum Gasteiger partial charge on any atom is -0.396 e. The molecule has 0 spiro atoms. The molecule has 0 fully saturated rings. The lowest BCUT2D eigenvalue weighted by Gasteiger charge is -2.25. The number of hydrogen-bond donors (Lipinski definition) is 3. The quantitative estimate of drug-likeness (QED) is 0.0997. The summed E-state index contributed by atoms with van der Waals surface area (Å²) in [5, 5.41) is 27.5. The zero-order valence-electron chi connectivity index (χ0n) is 23.7. The first-order chi connectivity index (χ1) is 17.3. The molecule has 0 saturated heterocycles. The average molecular weight is 501 g/mol. The van der Waals surface area contributed by atoms with Gasteiger partial charge in [-0.05, 0) is 51.7 Å². The van der Waals surface area contributed by atoms with E-state index >= 15 is 0 Å². The van der Waals surface area contributed by atoms with Gasteiger partial charge in [-0.15, -0.1) is 0 Å². The number of aliphatic hydroxyl groups excluding tert-OH is 3. The third-order valence-corrected chi connectivity index (χ3v) is 7.17. The van der Waals surface area contributed by atoms with Crippen molar-refractivity contribution in [3.05, 3.63) is 0 Å². The zero-order chi connectivity index (χ0) is 25.7. The molecule has 0 rings (SSSR count). The molecule has 3 N–H and O–H groups in total. The van der Waals surface area contributed by atoms with Gasteiger partial charge < -0.3 is 25.1 Å². The molecule has 0 bridgehead atoms. The van der Waals surface area contributed by atoms with Crippen LogP contribution in [0.3, 0.4) is 0 Å². The van der Waals surface area contributed by atoms with E-state index in [-0.39, 0.29) is 19.8 Å². The van der Waals surface area contributed by atoms with Crippen molar-refractivity contribution in [2.24, 2.45) is 0 Å². The van der Waals surface area contributed by atoms with Gasteiger partial charge in [0.25, 0.3) is 0 Å². The zero-order valence-corrected chi connectivity index (χ0v) is 23.7. The van der Waals surface area contributed by atoms with Gasteiger partial charge in [-0.1, -0.05) is 103 Å². The molecule has 0 aliphatic heterocycles. The summed E-state index contributed by atoms with van der Waals surface area (Å²) in [5.74, 6) is 0. The molecule has 5 heteroatoms. The molecule has 0 saturated carbocycles. The molecule has 212 valence electrons. The molecular formula is C30H64N2O3. The van der Waals surface area contributed by atoms with Crippen LogP contribution >= 0.6 is 0 Å². The van der Waals surface area contributed by atoms with Crippen molar-refractivity contribution < 1.29 is 15.3 Å². The van der Waals surface area contributed by atoms with Crippen LogP contribution in [-0.2, 0) is 0 Å². The van der Waals surface area contributed by atoms with Crippen LogP contribution in [0.1, 0.15) is 135 Å². The standard InChI is InChI=1S/C30H64N2O3/c1-2-3-4-5-6-7-8-9-10-11-12-13-14-15-16-17-22-31(25-19-28-33)23-18-24-32(26-20-29-34)27-21-30-35/h33-35H,2-30H2,1H3. The van der Waals surface area contributed by atoms with Crippen molar-refractivity contribution in [2.45, 2.75) is 135 Å². The minimum atomic E-state index is 0.234. The number of hydrogen-bond acceptors (Lipinski definition) is 5. The lowest BCUT2D eigenvalue weighted by atomic mass is 10.0. The van der Waals surface area contributed by atoms with Crippen molar-refractivity contribution in [3.63, 3.8) is 0 Å². The Balaban J connectivity index is 3.69. The van der Waals surface area contributed by atoms with Crippen molar-refractivity contribution in [1.82, 2.24) is 9.80 Å². The van der Waals surface area contributed by atoms with Crippen LogP contribution < -0.4 is 0 Å².